The normalized spacial score (nSPS) is 18.2. The van der Waals surface area contributed by atoms with E-state index < -0.39 is 0 Å². The molecule has 0 aliphatic carbocycles. The van der Waals surface area contributed by atoms with Crippen LogP contribution < -0.4 is 0 Å². The van der Waals surface area contributed by atoms with E-state index in [0.717, 1.165) is 13.1 Å². The molecule has 5 heteroatoms. The van der Waals surface area contributed by atoms with E-state index in [2.05, 4.69) is 10.6 Å². The van der Waals surface area contributed by atoms with Crippen molar-refractivity contribution in [2.75, 3.05) is 33.5 Å². The summed E-state index contributed by atoms with van der Waals surface area (Å²) in [6.45, 7) is 5.04. The predicted octanol–water partition coefficient (Wildman–Crippen LogP) is 0.753. The summed E-state index contributed by atoms with van der Waals surface area (Å²) in [4.78, 5) is 4.93. The minimum atomic E-state index is 0.458. The molecule has 0 unspecified atom stereocenters. The van der Waals surface area contributed by atoms with E-state index in [1.54, 1.807) is 12.2 Å². The Labute approximate surface area is 73.1 Å². The van der Waals surface area contributed by atoms with Crippen LogP contribution in [0.15, 0.2) is 0 Å². The predicted molar refractivity (Wildman–Crippen MR) is 44.9 cm³/mol. The quantitative estimate of drug-likeness (QED) is 0.440. The molecule has 1 aliphatic heterocycles. The summed E-state index contributed by atoms with van der Waals surface area (Å²) >= 11 is 0. The fourth-order valence-electron chi connectivity index (χ4n) is 0.927. The van der Waals surface area contributed by atoms with E-state index in [-0.39, 0.29) is 0 Å². The van der Waals surface area contributed by atoms with Crippen LogP contribution in [0.2, 0.25) is 0 Å². The van der Waals surface area contributed by atoms with Gasteiger partial charge in [-0.2, -0.15) is 0 Å². The van der Waals surface area contributed by atoms with Crippen molar-refractivity contribution in [1.29, 1.82) is 0 Å². The summed E-state index contributed by atoms with van der Waals surface area (Å²) in [6, 6.07) is 0. The van der Waals surface area contributed by atoms with Crippen LogP contribution in [-0.4, -0.2) is 43.7 Å². The molecule has 1 saturated heterocycles. The van der Waals surface area contributed by atoms with Gasteiger partial charge in [-0.1, -0.05) is 0 Å². The van der Waals surface area contributed by atoms with Crippen LogP contribution in [0, 0.1) is 0 Å². The summed E-state index contributed by atoms with van der Waals surface area (Å²) in [5.41, 5.74) is 3.89. The Balaban J connectivity index is 2.17. The molecule has 0 amide bonds. The zero-order chi connectivity index (χ0) is 8.81. The van der Waals surface area contributed by atoms with Crippen LogP contribution >= 0.6 is 0 Å². The first kappa shape index (κ1) is 9.88. The molecule has 0 aromatic heterocycles. The lowest BCUT2D eigenvalue weighted by Crippen LogP contribution is -2.49. The third-order valence-electron chi connectivity index (χ3n) is 1.68. The van der Waals surface area contributed by atoms with E-state index in [0.29, 0.717) is 13.3 Å². The van der Waals surface area contributed by atoms with Gasteiger partial charge in [0, 0.05) is 26.8 Å². The van der Waals surface area contributed by atoms with Crippen molar-refractivity contribution in [2.45, 2.75) is 13.3 Å². The molecule has 0 aromatic carbocycles. The van der Waals surface area contributed by atoms with E-state index in [4.69, 9.17) is 9.57 Å². The second-order valence-electron chi connectivity index (χ2n) is 2.60. The minimum absolute atomic E-state index is 0.458. The van der Waals surface area contributed by atoms with Crippen LogP contribution in [0.5, 0.6) is 0 Å². The number of rotatable bonds is 6. The summed E-state index contributed by atoms with van der Waals surface area (Å²) < 4.78 is 4.97. The molecule has 0 atom stereocenters. The highest BCUT2D eigenvalue weighted by molar-refractivity contribution is 4.68. The second kappa shape index (κ2) is 5.45. The Morgan fingerprint density at radius 2 is 2.25 bits per heavy atom. The monoisotopic (exact) mass is 174 g/mol. The Bertz CT molecular complexity index is 119. The third-order valence-corrected chi connectivity index (χ3v) is 1.68. The lowest BCUT2D eigenvalue weighted by atomic mass is 10.3. The number of ether oxygens (including phenoxy) is 1. The van der Waals surface area contributed by atoms with Gasteiger partial charge in [-0.05, 0) is 13.3 Å². The van der Waals surface area contributed by atoms with Crippen LogP contribution in [0.25, 0.3) is 5.59 Å². The smallest absolute Gasteiger partial charge is 0.0960 e. The number of hydrazine groups is 1. The second-order valence-corrected chi connectivity index (χ2v) is 2.60. The molecule has 0 N–H and O–H groups in total. The van der Waals surface area contributed by atoms with Gasteiger partial charge in [0.15, 0.2) is 0 Å². The minimum Gasteiger partial charge on any atom is -0.471 e. The maximum absolute atomic E-state index is 4.97. The van der Waals surface area contributed by atoms with Crippen molar-refractivity contribution in [3.8, 4) is 0 Å². The third kappa shape index (κ3) is 2.69. The van der Waals surface area contributed by atoms with Crippen LogP contribution in [0.1, 0.15) is 13.3 Å². The van der Waals surface area contributed by atoms with E-state index in [1.807, 2.05) is 6.92 Å². The van der Waals surface area contributed by atoms with Gasteiger partial charge in [0.1, 0.15) is 0 Å². The molecule has 0 saturated carbocycles. The summed E-state index contributed by atoms with van der Waals surface area (Å²) in [5.74, 6) is 0. The van der Waals surface area contributed by atoms with Gasteiger partial charge in [-0.25, -0.2) is 0 Å². The topological polar surface area (TPSA) is 39.0 Å². The van der Waals surface area contributed by atoms with Crippen LogP contribution in [-0.2, 0) is 9.57 Å². The van der Waals surface area contributed by atoms with Crippen molar-refractivity contribution in [2.24, 2.45) is 0 Å². The molecule has 1 fully saturated rings. The standard InChI is InChI=1S/C7H16N3O2/c1-3-12-8-10(7-11-2)9-5-4-6-9/h3-7H2,1-2H3/q-1. The molecular formula is C7H16N3O2-. The Morgan fingerprint density at radius 1 is 1.50 bits per heavy atom. The SMILES string of the molecule is CCO[N-]N(COC)N1CCC1. The highest BCUT2D eigenvalue weighted by Crippen LogP contribution is 2.13. The lowest BCUT2D eigenvalue weighted by Gasteiger charge is -2.48. The van der Waals surface area contributed by atoms with Gasteiger partial charge in [-0.15, -0.1) is 0 Å². The van der Waals surface area contributed by atoms with Gasteiger partial charge >= 0.3 is 0 Å². The first-order valence-electron chi connectivity index (χ1n) is 4.22. The van der Waals surface area contributed by atoms with Crippen LogP contribution in [0.3, 0.4) is 0 Å². The van der Waals surface area contributed by atoms with Gasteiger partial charge in [0.05, 0.1) is 6.73 Å². The number of methoxy groups -OCH3 is 1. The molecular weight excluding hydrogens is 158 g/mol. The molecule has 0 radical (unpaired) electrons. The summed E-state index contributed by atoms with van der Waals surface area (Å²) in [5, 5.41) is 3.80. The zero-order valence-corrected chi connectivity index (χ0v) is 7.69. The summed E-state index contributed by atoms with van der Waals surface area (Å²) in [6.07, 6.45) is 1.22. The fourth-order valence-corrected chi connectivity index (χ4v) is 0.927. The largest absolute Gasteiger partial charge is 0.471 e. The van der Waals surface area contributed by atoms with Gasteiger partial charge in [0.25, 0.3) is 0 Å². The molecule has 1 heterocycles. The Morgan fingerprint density at radius 3 is 2.67 bits per heavy atom. The van der Waals surface area contributed by atoms with Gasteiger partial charge in [-0.3, -0.25) is 10.1 Å². The molecule has 72 valence electrons. The molecule has 0 bridgehead atoms. The van der Waals surface area contributed by atoms with Crippen molar-refractivity contribution in [1.82, 2.24) is 10.1 Å². The van der Waals surface area contributed by atoms with E-state index in [9.17, 15) is 0 Å². The van der Waals surface area contributed by atoms with Crippen molar-refractivity contribution >= 4 is 0 Å². The average Bonchev–Trinajstić information content (AvgIpc) is 1.97. The van der Waals surface area contributed by atoms with E-state index in [1.165, 1.54) is 6.42 Å². The first-order valence-corrected chi connectivity index (χ1v) is 4.22. The Hall–Kier alpha value is -0.200. The van der Waals surface area contributed by atoms with Crippen molar-refractivity contribution in [3.05, 3.63) is 5.59 Å². The van der Waals surface area contributed by atoms with Crippen molar-refractivity contribution < 1.29 is 9.57 Å². The maximum Gasteiger partial charge on any atom is 0.0960 e. The molecule has 5 nitrogen and oxygen atoms in total. The zero-order valence-electron chi connectivity index (χ0n) is 7.69. The van der Waals surface area contributed by atoms with Crippen LogP contribution in [0.4, 0.5) is 0 Å². The number of hydrogen-bond acceptors (Lipinski definition) is 4. The van der Waals surface area contributed by atoms with Crippen molar-refractivity contribution in [3.63, 3.8) is 0 Å². The number of nitrogens with zero attached hydrogens (tertiary/aromatic N) is 3. The highest BCUT2D eigenvalue weighted by atomic mass is 16.7. The molecule has 12 heavy (non-hydrogen) atoms. The van der Waals surface area contributed by atoms with Gasteiger partial charge in [0.2, 0.25) is 0 Å². The van der Waals surface area contributed by atoms with E-state index >= 15 is 0 Å². The Kier molecular flexibility index (Phi) is 4.49. The summed E-state index contributed by atoms with van der Waals surface area (Å²) in [7, 11) is 1.65. The first-order chi connectivity index (χ1) is 5.88. The molecule has 0 aromatic rings. The average molecular weight is 174 g/mol. The molecule has 0 spiro atoms. The molecule has 1 rings (SSSR count). The maximum atomic E-state index is 4.97. The molecule has 1 aliphatic rings. The van der Waals surface area contributed by atoms with Gasteiger partial charge < -0.3 is 15.2 Å². The number of hydrogen-bond donors (Lipinski definition) is 0. The lowest BCUT2D eigenvalue weighted by molar-refractivity contribution is -0.135. The fraction of sp³-hybridized carbons (Fsp3) is 1.00. The highest BCUT2D eigenvalue weighted by Gasteiger charge is 2.15.